The van der Waals surface area contributed by atoms with E-state index in [-0.39, 0.29) is 23.4 Å². The topological polar surface area (TPSA) is 54.8 Å². The molecule has 1 amide bonds. The van der Waals surface area contributed by atoms with Crippen LogP contribution in [-0.2, 0) is 6.61 Å². The van der Waals surface area contributed by atoms with Crippen LogP contribution in [0.4, 0.5) is 0 Å². The van der Waals surface area contributed by atoms with Gasteiger partial charge in [0.2, 0.25) is 0 Å². The lowest BCUT2D eigenvalue weighted by Crippen LogP contribution is -2.57. The first-order chi connectivity index (χ1) is 16.3. The number of hydrogen-bond acceptors (Lipinski definition) is 4. The molecule has 5 rings (SSSR count). The number of amides is 1. The summed E-state index contributed by atoms with van der Waals surface area (Å²) < 4.78 is 8.33. The van der Waals surface area contributed by atoms with E-state index in [2.05, 4.69) is 55.3 Å². The Hall–Kier alpha value is -3.54. The largest absolute Gasteiger partial charge is 0.488 e. The lowest BCUT2D eigenvalue weighted by molar-refractivity contribution is 0.0625. The number of ether oxygens (including phenoxy) is 1. The Morgan fingerprint density at radius 3 is 2.41 bits per heavy atom. The third kappa shape index (κ3) is 3.40. The maximum absolute atomic E-state index is 13.5. The molecular weight excluding hydrogens is 426 g/mol. The van der Waals surface area contributed by atoms with Crippen LogP contribution in [0.2, 0.25) is 0 Å². The Labute approximate surface area is 200 Å². The van der Waals surface area contributed by atoms with E-state index in [1.54, 1.807) is 19.2 Å². The zero-order chi connectivity index (χ0) is 24.1. The number of benzene rings is 2. The summed E-state index contributed by atoms with van der Waals surface area (Å²) >= 11 is 0. The zero-order valence-corrected chi connectivity index (χ0v) is 20.4. The van der Waals surface area contributed by atoms with Crippen molar-refractivity contribution in [3.05, 3.63) is 98.5 Å². The molecule has 1 aromatic heterocycles. The molecule has 3 aromatic rings. The molecule has 2 aliphatic heterocycles. The summed E-state index contributed by atoms with van der Waals surface area (Å²) in [5, 5.41) is 2.19. The Balaban J connectivity index is 1.81. The monoisotopic (exact) mass is 457 g/mol. The van der Waals surface area contributed by atoms with Gasteiger partial charge < -0.3 is 9.64 Å². The van der Waals surface area contributed by atoms with Crippen molar-refractivity contribution in [1.29, 1.82) is 0 Å². The molecule has 0 saturated heterocycles. The van der Waals surface area contributed by atoms with Gasteiger partial charge in [-0.3, -0.25) is 19.3 Å². The predicted molar refractivity (Wildman–Crippen MR) is 133 cm³/mol. The van der Waals surface area contributed by atoms with Crippen molar-refractivity contribution in [1.82, 2.24) is 9.58 Å². The first kappa shape index (κ1) is 22.3. The number of carbonyl (C=O) groups is 1. The van der Waals surface area contributed by atoms with Gasteiger partial charge in [0.25, 0.3) is 5.91 Å². The lowest BCUT2D eigenvalue weighted by atomic mass is 9.91. The highest BCUT2D eigenvalue weighted by Gasteiger charge is 2.39. The number of para-hydroxylation sites is 1. The molecule has 0 bridgehead atoms. The van der Waals surface area contributed by atoms with Gasteiger partial charge in [0.15, 0.2) is 5.43 Å². The fraction of sp³-hybridized carbons (Fsp3) is 0.357. The van der Waals surface area contributed by atoms with Crippen molar-refractivity contribution in [2.24, 2.45) is 0 Å². The minimum absolute atomic E-state index is 0.0165. The Morgan fingerprint density at radius 2 is 1.68 bits per heavy atom. The molecule has 6 nitrogen and oxygen atoms in total. The number of nitrogens with zero attached hydrogens (tertiary/aromatic N) is 3. The molecule has 0 spiro atoms. The van der Waals surface area contributed by atoms with Crippen LogP contribution in [0.1, 0.15) is 78.0 Å². The van der Waals surface area contributed by atoms with E-state index in [0.717, 1.165) is 22.4 Å². The van der Waals surface area contributed by atoms with Crippen molar-refractivity contribution in [3.63, 3.8) is 0 Å². The molecule has 34 heavy (non-hydrogen) atoms. The van der Waals surface area contributed by atoms with Crippen molar-refractivity contribution in [3.8, 4) is 5.75 Å². The van der Waals surface area contributed by atoms with Gasteiger partial charge in [0, 0.05) is 29.4 Å². The highest BCUT2D eigenvalue weighted by molar-refractivity contribution is 5.95. The second kappa shape index (κ2) is 8.35. The Kier molecular flexibility index (Phi) is 5.47. The summed E-state index contributed by atoms with van der Waals surface area (Å²) in [6.07, 6.45) is 1.74. The van der Waals surface area contributed by atoms with Crippen LogP contribution in [-0.4, -0.2) is 28.2 Å². The molecule has 0 aliphatic carbocycles. The maximum atomic E-state index is 13.5. The molecule has 0 fully saturated rings. The predicted octanol–water partition coefficient (Wildman–Crippen LogP) is 4.72. The molecule has 6 heteroatoms. The van der Waals surface area contributed by atoms with E-state index < -0.39 is 0 Å². The van der Waals surface area contributed by atoms with Gasteiger partial charge in [0.05, 0.1) is 0 Å². The Bertz CT molecular complexity index is 1320. The van der Waals surface area contributed by atoms with Crippen LogP contribution >= 0.6 is 0 Å². The number of hydrogen-bond donors (Lipinski definition) is 0. The van der Waals surface area contributed by atoms with Crippen LogP contribution in [0, 0.1) is 6.92 Å². The first-order valence-electron chi connectivity index (χ1n) is 11.9. The average molecular weight is 458 g/mol. The van der Waals surface area contributed by atoms with Crippen molar-refractivity contribution < 1.29 is 9.53 Å². The van der Waals surface area contributed by atoms with Crippen LogP contribution < -0.4 is 15.2 Å². The van der Waals surface area contributed by atoms with Gasteiger partial charge >= 0.3 is 0 Å². The third-order valence-electron chi connectivity index (χ3n) is 6.99. The molecular formula is C28H31N3O3. The van der Waals surface area contributed by atoms with E-state index in [1.807, 2.05) is 29.5 Å². The van der Waals surface area contributed by atoms with Crippen molar-refractivity contribution in [2.75, 3.05) is 11.7 Å². The quantitative estimate of drug-likeness (QED) is 0.571. The van der Waals surface area contributed by atoms with Crippen molar-refractivity contribution >= 4 is 5.91 Å². The molecule has 0 radical (unpaired) electrons. The number of pyridine rings is 1. The second-order valence-electron chi connectivity index (χ2n) is 9.76. The number of rotatable bonds is 3. The molecule has 176 valence electrons. The normalized spacial score (nSPS) is 17.3. The summed E-state index contributed by atoms with van der Waals surface area (Å²) in [5.74, 6) is 1.10. The zero-order valence-electron chi connectivity index (χ0n) is 20.4. The van der Waals surface area contributed by atoms with Gasteiger partial charge in [-0.15, -0.1) is 0 Å². The molecule has 3 heterocycles. The molecule has 0 saturated carbocycles. The molecule has 2 aliphatic rings. The lowest BCUT2D eigenvalue weighted by Gasteiger charge is -2.45. The molecule has 1 unspecified atom stereocenters. The SMILES string of the molecule is Cc1c2n(ccc1=O)N(C1c3ccccc3COc3c(C(C)C)cccc31)CN(C(C)C)C2=O. The molecule has 1 atom stereocenters. The van der Waals surface area contributed by atoms with Crippen LogP contribution in [0.5, 0.6) is 5.75 Å². The Morgan fingerprint density at radius 1 is 0.941 bits per heavy atom. The molecule has 2 aromatic carbocycles. The van der Waals surface area contributed by atoms with E-state index in [0.29, 0.717) is 30.5 Å². The van der Waals surface area contributed by atoms with E-state index in [1.165, 1.54) is 5.56 Å². The highest BCUT2D eigenvalue weighted by atomic mass is 16.5. The van der Waals surface area contributed by atoms with Crippen LogP contribution in [0.25, 0.3) is 0 Å². The summed E-state index contributed by atoms with van der Waals surface area (Å²) in [7, 11) is 0. The minimum Gasteiger partial charge on any atom is -0.488 e. The van der Waals surface area contributed by atoms with Crippen LogP contribution in [0.15, 0.2) is 59.5 Å². The van der Waals surface area contributed by atoms with E-state index in [4.69, 9.17) is 4.74 Å². The summed E-state index contributed by atoms with van der Waals surface area (Å²) in [5.41, 5.74) is 5.26. The minimum atomic E-state index is -0.192. The summed E-state index contributed by atoms with van der Waals surface area (Å²) in [4.78, 5) is 27.9. The smallest absolute Gasteiger partial charge is 0.274 e. The van der Waals surface area contributed by atoms with Gasteiger partial charge in [-0.1, -0.05) is 56.3 Å². The van der Waals surface area contributed by atoms with E-state index in [9.17, 15) is 9.59 Å². The molecule has 0 N–H and O–H groups in total. The second-order valence-corrected chi connectivity index (χ2v) is 9.76. The van der Waals surface area contributed by atoms with Gasteiger partial charge in [-0.25, -0.2) is 0 Å². The van der Waals surface area contributed by atoms with Gasteiger partial charge in [0.1, 0.15) is 30.8 Å². The highest BCUT2D eigenvalue weighted by Crippen LogP contribution is 2.43. The van der Waals surface area contributed by atoms with Crippen LogP contribution in [0.3, 0.4) is 0 Å². The fourth-order valence-electron chi connectivity index (χ4n) is 5.11. The number of fused-ring (bicyclic) bond motifs is 3. The summed E-state index contributed by atoms with van der Waals surface area (Å²) in [6, 6.07) is 16.0. The summed E-state index contributed by atoms with van der Waals surface area (Å²) in [6.45, 7) is 11.0. The fourth-order valence-corrected chi connectivity index (χ4v) is 5.11. The van der Waals surface area contributed by atoms with Crippen molar-refractivity contribution in [2.45, 2.75) is 59.2 Å². The van der Waals surface area contributed by atoms with Gasteiger partial charge in [-0.2, -0.15) is 0 Å². The third-order valence-corrected chi connectivity index (χ3v) is 6.99. The first-order valence-corrected chi connectivity index (χ1v) is 11.9. The van der Waals surface area contributed by atoms with E-state index >= 15 is 0 Å². The number of aromatic nitrogens is 1. The van der Waals surface area contributed by atoms with Gasteiger partial charge in [-0.05, 0) is 43.4 Å². The standard InChI is InChI=1S/C28H31N3O3/c1-17(2)21-11-8-12-23-26(22-10-7-6-9-20(22)15-34-27(21)23)31-16-29(18(3)4)28(33)25-19(5)24(32)13-14-30(25)31/h6-14,17-18,26H,15-16H2,1-5H3. The maximum Gasteiger partial charge on any atom is 0.274 e. The average Bonchev–Trinajstić information content (AvgIpc) is 2.98. The number of carbonyl (C=O) groups excluding carboxylic acids is 1.